The van der Waals surface area contributed by atoms with Crippen molar-refractivity contribution in [2.24, 2.45) is 7.05 Å². The number of hydrogen-bond acceptors (Lipinski definition) is 9. The third kappa shape index (κ3) is 4.11. The summed E-state index contributed by atoms with van der Waals surface area (Å²) in [5.41, 5.74) is 0.550. The van der Waals surface area contributed by atoms with Crippen molar-refractivity contribution in [3.63, 3.8) is 0 Å². The molecule has 0 spiro atoms. The monoisotopic (exact) mass is 470 g/mol. The fraction of sp³-hybridized carbons (Fsp3) is 0.105. The maximum Gasteiger partial charge on any atom is 0.277 e. The predicted octanol–water partition coefficient (Wildman–Crippen LogP) is 2.47. The van der Waals surface area contributed by atoms with E-state index in [9.17, 15) is 13.2 Å². The van der Waals surface area contributed by atoms with Crippen LogP contribution in [0.25, 0.3) is 11.0 Å². The van der Waals surface area contributed by atoms with Gasteiger partial charge in [0.2, 0.25) is 0 Å². The van der Waals surface area contributed by atoms with Crippen molar-refractivity contribution in [2.45, 2.75) is 4.90 Å². The van der Waals surface area contributed by atoms with Gasteiger partial charge in [0.1, 0.15) is 17.3 Å². The lowest BCUT2D eigenvalue weighted by atomic mass is 10.2. The summed E-state index contributed by atoms with van der Waals surface area (Å²) in [7, 11) is -2.08. The van der Waals surface area contributed by atoms with Crippen molar-refractivity contribution >= 4 is 55.5 Å². The lowest BCUT2D eigenvalue weighted by Gasteiger charge is -2.13. The van der Waals surface area contributed by atoms with E-state index in [-0.39, 0.29) is 49.5 Å². The van der Waals surface area contributed by atoms with Crippen LogP contribution in [0.5, 0.6) is 0 Å². The Morgan fingerprint density at radius 2 is 1.91 bits per heavy atom. The molecular weight excluding hydrogens is 456 g/mol. The van der Waals surface area contributed by atoms with Crippen LogP contribution in [0, 0.1) is 11.3 Å². The Balaban J connectivity index is 1.86. The van der Waals surface area contributed by atoms with E-state index >= 15 is 0 Å². The number of hydrogen-bond donors (Lipinski definition) is 3. The second-order valence-electron chi connectivity index (χ2n) is 6.82. The molecule has 4 rings (SSSR count). The SMILES string of the molecule is Cn1[nH]c2nc(Nc3cncc(C#N)n3)cc(Nc3ccc(Cl)cc3S(C)(=O)=O)c2c1=O. The highest BCUT2D eigenvalue weighted by atomic mass is 35.5. The number of aromatic amines is 1. The number of pyridine rings is 1. The molecule has 0 aliphatic heterocycles. The highest BCUT2D eigenvalue weighted by Gasteiger charge is 2.18. The molecule has 0 unspecified atom stereocenters. The molecular formula is C19H15ClN8O3S. The largest absolute Gasteiger partial charge is 0.354 e. The molecule has 3 aromatic heterocycles. The highest BCUT2D eigenvalue weighted by molar-refractivity contribution is 7.90. The number of nitrogens with zero attached hydrogens (tertiary/aromatic N) is 5. The number of nitriles is 1. The first-order chi connectivity index (χ1) is 15.2. The molecule has 32 heavy (non-hydrogen) atoms. The van der Waals surface area contributed by atoms with Gasteiger partial charge in [-0.1, -0.05) is 11.6 Å². The molecule has 0 saturated carbocycles. The van der Waals surface area contributed by atoms with Crippen LogP contribution in [-0.4, -0.2) is 39.4 Å². The zero-order valence-corrected chi connectivity index (χ0v) is 18.3. The van der Waals surface area contributed by atoms with E-state index in [4.69, 9.17) is 16.9 Å². The van der Waals surface area contributed by atoms with Crippen molar-refractivity contribution in [3.05, 3.63) is 57.7 Å². The van der Waals surface area contributed by atoms with Crippen molar-refractivity contribution in [1.82, 2.24) is 24.7 Å². The quantitative estimate of drug-likeness (QED) is 0.398. The molecule has 0 fully saturated rings. The van der Waals surface area contributed by atoms with Crippen molar-refractivity contribution < 1.29 is 8.42 Å². The van der Waals surface area contributed by atoms with Gasteiger partial charge in [-0.2, -0.15) is 5.26 Å². The summed E-state index contributed by atoms with van der Waals surface area (Å²) in [6.45, 7) is 0. The summed E-state index contributed by atoms with van der Waals surface area (Å²) in [5.74, 6) is 0.546. The molecule has 4 aromatic rings. The lowest BCUT2D eigenvalue weighted by molar-refractivity contribution is 0.602. The summed E-state index contributed by atoms with van der Waals surface area (Å²) in [5, 5.41) is 18.3. The number of H-pyrrole nitrogens is 1. The van der Waals surface area contributed by atoms with Crippen molar-refractivity contribution in [3.8, 4) is 6.07 Å². The van der Waals surface area contributed by atoms with Crippen LogP contribution in [0.3, 0.4) is 0 Å². The average molecular weight is 471 g/mol. The molecule has 11 nitrogen and oxygen atoms in total. The van der Waals surface area contributed by atoms with Crippen LogP contribution in [0.15, 0.2) is 46.3 Å². The number of nitrogens with one attached hydrogen (secondary N) is 3. The molecule has 0 radical (unpaired) electrons. The number of aromatic nitrogens is 5. The maximum atomic E-state index is 12.7. The number of fused-ring (bicyclic) bond motifs is 1. The molecule has 162 valence electrons. The van der Waals surface area contributed by atoms with Gasteiger partial charge in [0, 0.05) is 24.4 Å². The van der Waals surface area contributed by atoms with Crippen LogP contribution < -0.4 is 16.2 Å². The topological polar surface area (TPSA) is 158 Å². The summed E-state index contributed by atoms with van der Waals surface area (Å²) in [6.07, 6.45) is 3.79. The summed E-state index contributed by atoms with van der Waals surface area (Å²) < 4.78 is 25.8. The van der Waals surface area contributed by atoms with E-state index in [1.54, 1.807) is 0 Å². The first-order valence-corrected chi connectivity index (χ1v) is 11.3. The normalized spacial score (nSPS) is 11.3. The van der Waals surface area contributed by atoms with E-state index in [1.165, 1.54) is 48.4 Å². The standard InChI is InChI=1S/C19H15ClN8O3S/c1-28-19(29)17-13(24-12-4-3-10(20)5-14(12)32(2,30)31)6-15(26-18(17)27-28)25-16-9-22-8-11(7-21)23-16/h3-6,8-9H,1-2H3,(H3,23,24,25,26,27). The minimum absolute atomic E-state index is 0.0237. The second kappa shape index (κ2) is 7.95. The molecule has 0 aliphatic rings. The Morgan fingerprint density at radius 3 is 2.62 bits per heavy atom. The number of sulfone groups is 1. The minimum Gasteiger partial charge on any atom is -0.354 e. The minimum atomic E-state index is -3.62. The van der Waals surface area contributed by atoms with E-state index in [1.807, 2.05) is 6.07 Å². The van der Waals surface area contributed by atoms with Gasteiger partial charge in [0.25, 0.3) is 5.56 Å². The zero-order valence-electron chi connectivity index (χ0n) is 16.7. The number of aryl methyl sites for hydroxylation is 1. The molecule has 13 heteroatoms. The fourth-order valence-corrected chi connectivity index (χ4v) is 4.14. The number of benzene rings is 1. The first-order valence-electron chi connectivity index (χ1n) is 9.01. The summed E-state index contributed by atoms with van der Waals surface area (Å²) in [4.78, 5) is 25.0. The van der Waals surface area contributed by atoms with Crippen LogP contribution >= 0.6 is 11.6 Å². The molecule has 3 heterocycles. The van der Waals surface area contributed by atoms with E-state index in [0.29, 0.717) is 5.69 Å². The molecule has 0 atom stereocenters. The number of halogens is 1. The molecule has 3 N–H and O–H groups in total. The Labute approximate surface area is 186 Å². The van der Waals surface area contributed by atoms with E-state index in [2.05, 4.69) is 30.7 Å². The van der Waals surface area contributed by atoms with Gasteiger partial charge >= 0.3 is 0 Å². The average Bonchev–Trinajstić information content (AvgIpc) is 3.02. The van der Waals surface area contributed by atoms with E-state index in [0.717, 1.165) is 6.26 Å². The molecule has 0 amide bonds. The number of anilines is 4. The van der Waals surface area contributed by atoms with Crippen LogP contribution in [0.2, 0.25) is 5.02 Å². The van der Waals surface area contributed by atoms with Gasteiger partial charge in [0.05, 0.1) is 28.7 Å². The van der Waals surface area contributed by atoms with Crippen molar-refractivity contribution in [2.75, 3.05) is 16.9 Å². The van der Waals surface area contributed by atoms with E-state index < -0.39 is 9.84 Å². The Hall–Kier alpha value is -3.95. The van der Waals surface area contributed by atoms with Gasteiger partial charge in [0.15, 0.2) is 27.0 Å². The second-order valence-corrected chi connectivity index (χ2v) is 9.24. The van der Waals surface area contributed by atoms with Crippen LogP contribution in [0.1, 0.15) is 5.69 Å². The maximum absolute atomic E-state index is 12.7. The Kier molecular flexibility index (Phi) is 5.29. The fourth-order valence-electron chi connectivity index (χ4n) is 3.05. The van der Waals surface area contributed by atoms with Gasteiger partial charge in [-0.15, -0.1) is 0 Å². The molecule has 0 bridgehead atoms. The molecule has 1 aromatic carbocycles. The van der Waals surface area contributed by atoms with Gasteiger partial charge in [-0.25, -0.2) is 18.4 Å². The Morgan fingerprint density at radius 1 is 1.12 bits per heavy atom. The Bertz CT molecular complexity index is 1570. The van der Waals surface area contributed by atoms with Crippen molar-refractivity contribution in [1.29, 1.82) is 5.26 Å². The predicted molar refractivity (Wildman–Crippen MR) is 119 cm³/mol. The van der Waals surface area contributed by atoms with Gasteiger partial charge in [-0.05, 0) is 18.2 Å². The van der Waals surface area contributed by atoms with Crippen LogP contribution in [-0.2, 0) is 16.9 Å². The third-order valence-electron chi connectivity index (χ3n) is 4.43. The lowest BCUT2D eigenvalue weighted by Crippen LogP contribution is -2.12. The first kappa shape index (κ1) is 21.3. The summed E-state index contributed by atoms with van der Waals surface area (Å²) >= 11 is 5.98. The third-order valence-corrected chi connectivity index (χ3v) is 5.80. The number of rotatable bonds is 5. The summed E-state index contributed by atoms with van der Waals surface area (Å²) in [6, 6.07) is 7.80. The van der Waals surface area contributed by atoms with Gasteiger partial charge in [-0.3, -0.25) is 19.6 Å². The zero-order chi connectivity index (χ0) is 23.0. The highest BCUT2D eigenvalue weighted by Crippen LogP contribution is 2.31. The molecule has 0 saturated heterocycles. The van der Waals surface area contributed by atoms with Crippen LogP contribution in [0.4, 0.5) is 23.0 Å². The smallest absolute Gasteiger partial charge is 0.277 e. The van der Waals surface area contributed by atoms with Gasteiger partial charge < -0.3 is 10.6 Å². The molecule has 0 aliphatic carbocycles.